The molecule has 1 unspecified atom stereocenters. The summed E-state index contributed by atoms with van der Waals surface area (Å²) in [6.45, 7) is 3.66. The highest BCUT2D eigenvalue weighted by molar-refractivity contribution is 6.32. The van der Waals surface area contributed by atoms with Crippen molar-refractivity contribution < 1.29 is 4.74 Å². The number of likely N-dealkylation sites (tertiary alicyclic amines) is 1. The van der Waals surface area contributed by atoms with Crippen LogP contribution in [0.25, 0.3) is 0 Å². The molecule has 1 aromatic carbocycles. The van der Waals surface area contributed by atoms with Crippen LogP contribution in [0.3, 0.4) is 0 Å². The third-order valence-electron chi connectivity index (χ3n) is 4.94. The molecule has 5 nitrogen and oxygen atoms in total. The SMILES string of the molecule is Clc1ccccc1OCCc1cc(C2CCN(Cc3cccnc3)C2)n[nH]1. The fourth-order valence-corrected chi connectivity index (χ4v) is 3.71. The minimum absolute atomic E-state index is 0.483. The first-order valence-electron chi connectivity index (χ1n) is 9.31. The smallest absolute Gasteiger partial charge is 0.137 e. The number of para-hydroxylation sites is 1. The summed E-state index contributed by atoms with van der Waals surface area (Å²) in [5.41, 5.74) is 3.51. The normalized spacial score (nSPS) is 17.3. The molecule has 3 aromatic rings. The maximum absolute atomic E-state index is 6.11. The van der Waals surface area contributed by atoms with E-state index in [0.717, 1.165) is 49.6 Å². The van der Waals surface area contributed by atoms with Crippen LogP contribution in [-0.4, -0.2) is 39.8 Å². The molecule has 0 radical (unpaired) electrons. The quantitative estimate of drug-likeness (QED) is 0.669. The summed E-state index contributed by atoms with van der Waals surface area (Å²) < 4.78 is 5.77. The summed E-state index contributed by atoms with van der Waals surface area (Å²) in [6.07, 6.45) is 5.68. The zero-order chi connectivity index (χ0) is 18.5. The van der Waals surface area contributed by atoms with E-state index in [4.69, 9.17) is 16.3 Å². The number of H-pyrrole nitrogens is 1. The Labute approximate surface area is 164 Å². The van der Waals surface area contributed by atoms with Gasteiger partial charge in [0.2, 0.25) is 0 Å². The number of benzene rings is 1. The molecule has 0 bridgehead atoms. The highest BCUT2D eigenvalue weighted by Crippen LogP contribution is 2.27. The number of ether oxygens (including phenoxy) is 1. The lowest BCUT2D eigenvalue weighted by atomic mass is 10.0. The van der Waals surface area contributed by atoms with E-state index >= 15 is 0 Å². The summed E-state index contributed by atoms with van der Waals surface area (Å²) in [4.78, 5) is 6.67. The molecule has 0 spiro atoms. The first-order valence-corrected chi connectivity index (χ1v) is 9.68. The second-order valence-corrected chi connectivity index (χ2v) is 7.34. The molecule has 1 aliphatic rings. The van der Waals surface area contributed by atoms with Crippen LogP contribution < -0.4 is 4.74 Å². The number of hydrogen-bond acceptors (Lipinski definition) is 4. The van der Waals surface area contributed by atoms with Crippen LogP contribution in [-0.2, 0) is 13.0 Å². The van der Waals surface area contributed by atoms with Gasteiger partial charge in [-0.3, -0.25) is 15.0 Å². The van der Waals surface area contributed by atoms with Crippen molar-refractivity contribution in [2.45, 2.75) is 25.3 Å². The van der Waals surface area contributed by atoms with Gasteiger partial charge in [-0.05, 0) is 42.8 Å². The molecule has 1 atom stereocenters. The Morgan fingerprint density at radius 2 is 2.15 bits per heavy atom. The molecule has 0 amide bonds. The first kappa shape index (κ1) is 18.0. The predicted molar refractivity (Wildman–Crippen MR) is 106 cm³/mol. The lowest BCUT2D eigenvalue weighted by Crippen LogP contribution is -2.19. The summed E-state index contributed by atoms with van der Waals surface area (Å²) >= 11 is 6.11. The van der Waals surface area contributed by atoms with Gasteiger partial charge in [0.25, 0.3) is 0 Å². The Hall–Kier alpha value is -2.37. The second kappa shape index (κ2) is 8.55. The molecular weight excluding hydrogens is 360 g/mol. The van der Waals surface area contributed by atoms with E-state index in [9.17, 15) is 0 Å². The summed E-state index contributed by atoms with van der Waals surface area (Å²) in [5, 5.41) is 8.33. The molecule has 2 aromatic heterocycles. The molecule has 1 aliphatic heterocycles. The Bertz CT molecular complexity index is 867. The Morgan fingerprint density at radius 3 is 3.00 bits per heavy atom. The summed E-state index contributed by atoms with van der Waals surface area (Å²) in [5.74, 6) is 1.21. The van der Waals surface area contributed by atoms with Crippen molar-refractivity contribution in [1.29, 1.82) is 0 Å². The molecular formula is C21H23ClN4O. The number of nitrogens with one attached hydrogen (secondary N) is 1. The van der Waals surface area contributed by atoms with Crippen LogP contribution in [0.2, 0.25) is 5.02 Å². The summed E-state index contributed by atoms with van der Waals surface area (Å²) in [6, 6.07) is 13.8. The number of aromatic amines is 1. The minimum atomic E-state index is 0.483. The van der Waals surface area contributed by atoms with Crippen molar-refractivity contribution in [2.24, 2.45) is 0 Å². The van der Waals surface area contributed by atoms with Crippen LogP contribution in [0.5, 0.6) is 5.75 Å². The average Bonchev–Trinajstić information content (AvgIpc) is 3.34. The van der Waals surface area contributed by atoms with E-state index in [2.05, 4.69) is 32.2 Å². The van der Waals surface area contributed by atoms with Crippen LogP contribution >= 0.6 is 11.6 Å². The zero-order valence-electron chi connectivity index (χ0n) is 15.1. The Kier molecular flexibility index (Phi) is 5.70. The van der Waals surface area contributed by atoms with Gasteiger partial charge in [0.1, 0.15) is 5.75 Å². The van der Waals surface area contributed by atoms with Crippen LogP contribution in [0.15, 0.2) is 54.9 Å². The maximum atomic E-state index is 6.11. The fourth-order valence-electron chi connectivity index (χ4n) is 3.52. The van der Waals surface area contributed by atoms with Gasteiger partial charge in [0, 0.05) is 43.5 Å². The fraction of sp³-hybridized carbons (Fsp3) is 0.333. The highest BCUT2D eigenvalue weighted by atomic mass is 35.5. The number of aromatic nitrogens is 3. The standard InChI is InChI=1S/C21H23ClN4O/c22-19-5-1-2-6-21(19)27-11-8-18-12-20(25-24-18)17-7-10-26(15-17)14-16-4-3-9-23-13-16/h1-6,9,12-13,17H,7-8,10-11,14-15H2,(H,24,25). The number of hydrogen-bond donors (Lipinski definition) is 1. The number of pyridine rings is 1. The largest absolute Gasteiger partial charge is 0.492 e. The molecule has 4 rings (SSSR count). The van der Waals surface area contributed by atoms with E-state index < -0.39 is 0 Å². The monoisotopic (exact) mass is 382 g/mol. The lowest BCUT2D eigenvalue weighted by molar-refractivity contribution is 0.320. The molecule has 3 heterocycles. The van der Waals surface area contributed by atoms with Crippen molar-refractivity contribution >= 4 is 11.6 Å². The molecule has 1 N–H and O–H groups in total. The minimum Gasteiger partial charge on any atom is -0.492 e. The maximum Gasteiger partial charge on any atom is 0.137 e. The van der Waals surface area contributed by atoms with E-state index in [-0.39, 0.29) is 0 Å². The molecule has 6 heteroatoms. The van der Waals surface area contributed by atoms with E-state index in [1.165, 1.54) is 5.56 Å². The Balaban J connectivity index is 1.27. The van der Waals surface area contributed by atoms with Crippen molar-refractivity contribution in [3.05, 3.63) is 76.8 Å². The number of rotatable bonds is 7. The average molecular weight is 383 g/mol. The number of nitrogens with zero attached hydrogens (tertiary/aromatic N) is 3. The third kappa shape index (κ3) is 4.67. The predicted octanol–water partition coefficient (Wildman–Crippen LogP) is 4.07. The van der Waals surface area contributed by atoms with Gasteiger partial charge in [-0.25, -0.2) is 0 Å². The molecule has 1 fully saturated rings. The molecule has 0 aliphatic carbocycles. The van der Waals surface area contributed by atoms with Gasteiger partial charge in [-0.1, -0.05) is 29.8 Å². The van der Waals surface area contributed by atoms with E-state index in [1.54, 1.807) is 0 Å². The van der Waals surface area contributed by atoms with Crippen molar-refractivity contribution in [2.75, 3.05) is 19.7 Å². The van der Waals surface area contributed by atoms with Gasteiger partial charge in [-0.2, -0.15) is 5.10 Å². The molecule has 0 saturated carbocycles. The highest BCUT2D eigenvalue weighted by Gasteiger charge is 2.25. The van der Waals surface area contributed by atoms with Gasteiger partial charge in [-0.15, -0.1) is 0 Å². The molecule has 140 valence electrons. The topological polar surface area (TPSA) is 54.0 Å². The first-order chi connectivity index (χ1) is 13.3. The van der Waals surface area contributed by atoms with Crippen LogP contribution in [0.1, 0.15) is 29.3 Å². The Morgan fingerprint density at radius 1 is 1.22 bits per heavy atom. The summed E-state index contributed by atoms with van der Waals surface area (Å²) in [7, 11) is 0. The van der Waals surface area contributed by atoms with Gasteiger partial charge < -0.3 is 4.74 Å². The van der Waals surface area contributed by atoms with Crippen LogP contribution in [0.4, 0.5) is 0 Å². The second-order valence-electron chi connectivity index (χ2n) is 6.93. The van der Waals surface area contributed by atoms with Gasteiger partial charge >= 0.3 is 0 Å². The van der Waals surface area contributed by atoms with Crippen molar-refractivity contribution in [1.82, 2.24) is 20.1 Å². The van der Waals surface area contributed by atoms with E-state index in [1.807, 2.05) is 42.7 Å². The molecule has 1 saturated heterocycles. The number of halogens is 1. The van der Waals surface area contributed by atoms with Gasteiger partial charge in [0.15, 0.2) is 0 Å². The van der Waals surface area contributed by atoms with E-state index in [0.29, 0.717) is 17.5 Å². The van der Waals surface area contributed by atoms with Crippen molar-refractivity contribution in [3.63, 3.8) is 0 Å². The molecule has 27 heavy (non-hydrogen) atoms. The van der Waals surface area contributed by atoms with Gasteiger partial charge in [0.05, 0.1) is 17.3 Å². The third-order valence-corrected chi connectivity index (χ3v) is 5.25. The lowest BCUT2D eigenvalue weighted by Gasteiger charge is -2.15. The van der Waals surface area contributed by atoms with Crippen molar-refractivity contribution in [3.8, 4) is 5.75 Å². The zero-order valence-corrected chi connectivity index (χ0v) is 15.9. The van der Waals surface area contributed by atoms with Crippen LogP contribution in [0, 0.1) is 0 Å².